The van der Waals surface area contributed by atoms with Gasteiger partial charge in [0.25, 0.3) is 0 Å². The minimum atomic E-state index is -0.194. The van der Waals surface area contributed by atoms with Crippen LogP contribution in [0.15, 0.2) is 6.20 Å². The Bertz CT molecular complexity index is 437. The smallest absolute Gasteiger partial charge is 0.150 e. The molecule has 1 fully saturated rings. The number of anilines is 1. The highest BCUT2D eigenvalue weighted by Crippen LogP contribution is 2.18. The van der Waals surface area contributed by atoms with Crippen molar-refractivity contribution in [2.45, 2.75) is 20.0 Å². The Morgan fingerprint density at radius 2 is 2.35 bits per heavy atom. The number of thiocarbonyl (C=S) groups is 1. The van der Waals surface area contributed by atoms with Crippen molar-refractivity contribution in [3.05, 3.63) is 17.6 Å². The third-order valence-corrected chi connectivity index (χ3v) is 3.00. The summed E-state index contributed by atoms with van der Waals surface area (Å²) in [7, 11) is 0. The van der Waals surface area contributed by atoms with Crippen LogP contribution in [0.1, 0.15) is 11.4 Å². The lowest BCUT2D eigenvalue weighted by atomic mass is 10.2. The SMILES string of the molecule is Cc1cnc(C)c(N2CCOC(C(N)=S)C2)n1. The van der Waals surface area contributed by atoms with Gasteiger partial charge < -0.3 is 15.4 Å². The summed E-state index contributed by atoms with van der Waals surface area (Å²) < 4.78 is 5.51. The number of nitrogens with zero attached hydrogens (tertiary/aromatic N) is 3. The molecule has 2 rings (SSSR count). The van der Waals surface area contributed by atoms with Crippen LogP contribution >= 0.6 is 12.2 Å². The molecule has 0 aliphatic carbocycles. The molecule has 1 aromatic rings. The van der Waals surface area contributed by atoms with E-state index in [4.69, 9.17) is 22.7 Å². The molecule has 1 aliphatic rings. The molecule has 6 heteroatoms. The van der Waals surface area contributed by atoms with Gasteiger partial charge in [-0.1, -0.05) is 12.2 Å². The Balaban J connectivity index is 2.21. The topological polar surface area (TPSA) is 64.3 Å². The van der Waals surface area contributed by atoms with Crippen molar-refractivity contribution in [1.29, 1.82) is 0 Å². The molecule has 92 valence electrons. The van der Waals surface area contributed by atoms with Gasteiger partial charge in [-0.3, -0.25) is 4.98 Å². The highest BCUT2D eigenvalue weighted by Gasteiger charge is 2.24. The first-order valence-electron chi connectivity index (χ1n) is 5.54. The van der Waals surface area contributed by atoms with Crippen molar-refractivity contribution in [2.24, 2.45) is 5.73 Å². The summed E-state index contributed by atoms with van der Waals surface area (Å²) in [6.07, 6.45) is 1.57. The van der Waals surface area contributed by atoms with Crippen LogP contribution < -0.4 is 10.6 Å². The number of ether oxygens (including phenoxy) is 1. The van der Waals surface area contributed by atoms with Crippen molar-refractivity contribution >= 4 is 23.0 Å². The third kappa shape index (κ3) is 2.70. The molecule has 2 heterocycles. The fourth-order valence-corrected chi connectivity index (χ4v) is 1.98. The van der Waals surface area contributed by atoms with Gasteiger partial charge in [-0.25, -0.2) is 4.98 Å². The van der Waals surface area contributed by atoms with Gasteiger partial charge in [0.05, 0.1) is 24.5 Å². The van der Waals surface area contributed by atoms with Gasteiger partial charge in [-0.2, -0.15) is 0 Å². The number of hydrogen-bond acceptors (Lipinski definition) is 5. The molecule has 0 bridgehead atoms. The zero-order valence-corrected chi connectivity index (χ0v) is 10.8. The molecule has 5 nitrogen and oxygen atoms in total. The Hall–Kier alpha value is -1.27. The van der Waals surface area contributed by atoms with E-state index in [1.807, 2.05) is 13.8 Å². The van der Waals surface area contributed by atoms with E-state index >= 15 is 0 Å². The minimum Gasteiger partial charge on any atom is -0.391 e. The van der Waals surface area contributed by atoms with Crippen LogP contribution in [-0.4, -0.2) is 40.8 Å². The molecule has 1 aromatic heterocycles. The molecule has 0 spiro atoms. The van der Waals surface area contributed by atoms with Crippen LogP contribution in [0.4, 0.5) is 5.82 Å². The molecule has 1 saturated heterocycles. The maximum Gasteiger partial charge on any atom is 0.150 e. The van der Waals surface area contributed by atoms with Crippen LogP contribution in [0.3, 0.4) is 0 Å². The Labute approximate surface area is 106 Å². The highest BCUT2D eigenvalue weighted by molar-refractivity contribution is 7.80. The molecule has 0 saturated carbocycles. The van der Waals surface area contributed by atoms with Gasteiger partial charge in [0.1, 0.15) is 11.1 Å². The summed E-state index contributed by atoms with van der Waals surface area (Å²) in [5.74, 6) is 0.898. The quantitative estimate of drug-likeness (QED) is 0.777. The van der Waals surface area contributed by atoms with Gasteiger partial charge in [-0.05, 0) is 13.8 Å². The van der Waals surface area contributed by atoms with Crippen molar-refractivity contribution in [3.63, 3.8) is 0 Å². The Kier molecular flexibility index (Phi) is 3.54. The van der Waals surface area contributed by atoms with Crippen LogP contribution in [0.5, 0.6) is 0 Å². The number of hydrogen-bond donors (Lipinski definition) is 1. The van der Waals surface area contributed by atoms with E-state index in [-0.39, 0.29) is 6.10 Å². The summed E-state index contributed by atoms with van der Waals surface area (Å²) in [6, 6.07) is 0. The van der Waals surface area contributed by atoms with Crippen LogP contribution in [0.2, 0.25) is 0 Å². The van der Waals surface area contributed by atoms with Crippen LogP contribution in [-0.2, 0) is 4.74 Å². The average Bonchev–Trinajstić information content (AvgIpc) is 2.32. The Morgan fingerprint density at radius 3 is 3.06 bits per heavy atom. The first-order chi connectivity index (χ1) is 8.08. The first kappa shape index (κ1) is 12.2. The van der Waals surface area contributed by atoms with Crippen molar-refractivity contribution in [2.75, 3.05) is 24.6 Å². The first-order valence-corrected chi connectivity index (χ1v) is 5.95. The van der Waals surface area contributed by atoms with Crippen molar-refractivity contribution < 1.29 is 4.74 Å². The molecule has 17 heavy (non-hydrogen) atoms. The summed E-state index contributed by atoms with van der Waals surface area (Å²) >= 11 is 4.97. The lowest BCUT2D eigenvalue weighted by molar-refractivity contribution is 0.0843. The highest BCUT2D eigenvalue weighted by atomic mass is 32.1. The zero-order chi connectivity index (χ0) is 12.4. The maximum absolute atomic E-state index is 5.62. The van der Waals surface area contributed by atoms with Gasteiger partial charge in [0.15, 0.2) is 5.82 Å². The second-order valence-corrected chi connectivity index (χ2v) is 4.60. The molecule has 1 atom stereocenters. The maximum atomic E-state index is 5.62. The lowest BCUT2D eigenvalue weighted by Crippen LogP contribution is -2.48. The molecule has 1 unspecified atom stereocenters. The van der Waals surface area contributed by atoms with Crippen LogP contribution in [0, 0.1) is 13.8 Å². The molecular formula is C11H16N4OS. The van der Waals surface area contributed by atoms with Crippen molar-refractivity contribution in [3.8, 4) is 0 Å². The molecule has 0 aromatic carbocycles. The number of nitrogens with two attached hydrogens (primary N) is 1. The number of morpholine rings is 1. The van der Waals surface area contributed by atoms with E-state index in [1.165, 1.54) is 0 Å². The monoisotopic (exact) mass is 252 g/mol. The predicted octanol–water partition coefficient (Wildman–Crippen LogP) is 0.585. The average molecular weight is 252 g/mol. The number of aromatic nitrogens is 2. The minimum absolute atomic E-state index is 0.194. The number of aryl methyl sites for hydroxylation is 2. The van der Waals surface area contributed by atoms with Gasteiger partial charge in [0, 0.05) is 12.7 Å². The van der Waals surface area contributed by atoms with E-state index in [9.17, 15) is 0 Å². The molecule has 0 radical (unpaired) electrons. The van der Waals surface area contributed by atoms with E-state index in [2.05, 4.69) is 14.9 Å². The zero-order valence-electron chi connectivity index (χ0n) is 10.0. The summed E-state index contributed by atoms with van der Waals surface area (Å²) in [4.78, 5) is 11.4. The standard InChI is InChI=1S/C11H16N4OS/c1-7-5-13-8(2)11(14-7)15-3-4-16-9(6-15)10(12)17/h5,9H,3-4,6H2,1-2H3,(H2,12,17). The second kappa shape index (κ2) is 4.93. The fraction of sp³-hybridized carbons (Fsp3) is 0.545. The van der Waals surface area contributed by atoms with Crippen LogP contribution in [0.25, 0.3) is 0 Å². The molecule has 0 amide bonds. The second-order valence-electron chi connectivity index (χ2n) is 4.13. The molecule has 1 aliphatic heterocycles. The summed E-state index contributed by atoms with van der Waals surface area (Å²) in [6.45, 7) is 5.93. The van der Waals surface area contributed by atoms with E-state index in [1.54, 1.807) is 6.20 Å². The predicted molar refractivity (Wildman–Crippen MR) is 70.2 cm³/mol. The Morgan fingerprint density at radius 1 is 1.59 bits per heavy atom. The van der Waals surface area contributed by atoms with Gasteiger partial charge in [0.2, 0.25) is 0 Å². The third-order valence-electron chi connectivity index (χ3n) is 2.73. The van der Waals surface area contributed by atoms with E-state index in [0.717, 1.165) is 23.8 Å². The summed E-state index contributed by atoms with van der Waals surface area (Å²) in [5.41, 5.74) is 7.44. The number of rotatable bonds is 2. The normalized spacial score (nSPS) is 20.4. The summed E-state index contributed by atoms with van der Waals surface area (Å²) in [5, 5.41) is 0. The fourth-order valence-electron chi connectivity index (χ4n) is 1.84. The van der Waals surface area contributed by atoms with E-state index in [0.29, 0.717) is 18.1 Å². The molecule has 2 N–H and O–H groups in total. The van der Waals surface area contributed by atoms with E-state index < -0.39 is 0 Å². The van der Waals surface area contributed by atoms with Crippen molar-refractivity contribution in [1.82, 2.24) is 9.97 Å². The van der Waals surface area contributed by atoms with Gasteiger partial charge in [-0.15, -0.1) is 0 Å². The largest absolute Gasteiger partial charge is 0.391 e. The lowest BCUT2D eigenvalue weighted by Gasteiger charge is -2.33. The van der Waals surface area contributed by atoms with Gasteiger partial charge >= 0.3 is 0 Å². The molecular weight excluding hydrogens is 236 g/mol.